The Balaban J connectivity index is 2.56. The predicted octanol–water partition coefficient (Wildman–Crippen LogP) is -1.78. The van der Waals surface area contributed by atoms with Crippen molar-refractivity contribution < 1.29 is 19.5 Å². The monoisotopic (exact) mass is 342 g/mol. The zero-order chi connectivity index (χ0) is 17.9. The molecule has 0 aromatic rings. The molecule has 1 aliphatic heterocycles. The van der Waals surface area contributed by atoms with Gasteiger partial charge in [-0.3, -0.25) is 24.7 Å². The van der Waals surface area contributed by atoms with Crippen LogP contribution in [-0.2, 0) is 14.4 Å². The van der Waals surface area contributed by atoms with Crippen LogP contribution >= 0.6 is 0 Å². The number of nitrogens with two attached hydrogens (primary N) is 2. The Bertz CT molecular complexity index is 472. The molecule has 10 heteroatoms. The van der Waals surface area contributed by atoms with Crippen LogP contribution < -0.4 is 27.4 Å². The second-order valence-electron chi connectivity index (χ2n) is 5.65. The lowest BCUT2D eigenvalue weighted by atomic mass is 10.1. The van der Waals surface area contributed by atoms with Crippen LogP contribution in [0.15, 0.2) is 4.99 Å². The molecule has 2 amide bonds. The highest BCUT2D eigenvalue weighted by Crippen LogP contribution is 2.06. The molecule has 136 valence electrons. The van der Waals surface area contributed by atoms with Crippen molar-refractivity contribution in [1.29, 1.82) is 0 Å². The third-order valence-electron chi connectivity index (χ3n) is 3.54. The maximum Gasteiger partial charge on any atom is 0.312 e. The van der Waals surface area contributed by atoms with Gasteiger partial charge in [0.2, 0.25) is 11.8 Å². The van der Waals surface area contributed by atoms with E-state index in [0.717, 1.165) is 25.8 Å². The van der Waals surface area contributed by atoms with Crippen molar-refractivity contribution in [1.82, 2.24) is 16.0 Å². The molecule has 1 heterocycles. The number of nitrogens with zero attached hydrogens (tertiary/aromatic N) is 1. The van der Waals surface area contributed by atoms with Gasteiger partial charge in [0.1, 0.15) is 12.5 Å². The van der Waals surface area contributed by atoms with Crippen LogP contribution in [0.5, 0.6) is 0 Å². The number of guanidine groups is 1. The van der Waals surface area contributed by atoms with Gasteiger partial charge in [0, 0.05) is 6.54 Å². The minimum atomic E-state index is -1.25. The van der Waals surface area contributed by atoms with E-state index in [4.69, 9.17) is 16.6 Å². The SMILES string of the molecule is NC(N)=NCCC[C@H](NC(=O)CC(=O)O)C(=O)NC1CCCCN1. The normalized spacial score (nSPS) is 18.2. The molecule has 0 aromatic carbocycles. The molecule has 1 aliphatic rings. The minimum absolute atomic E-state index is 0.0441. The summed E-state index contributed by atoms with van der Waals surface area (Å²) < 4.78 is 0. The standard InChI is InChI=1S/C14H26N6O4/c15-14(16)18-7-3-4-9(19-11(21)8-12(22)23)13(24)20-10-5-1-2-6-17-10/h9-10,17H,1-8H2,(H,19,21)(H,20,24)(H,22,23)(H4,15,16,18)/t9-,10?/m0/s1. The first kappa shape index (κ1) is 19.7. The van der Waals surface area contributed by atoms with Crippen molar-refractivity contribution in [3.8, 4) is 0 Å². The number of rotatable bonds is 9. The van der Waals surface area contributed by atoms with Gasteiger partial charge in [-0.15, -0.1) is 0 Å². The van der Waals surface area contributed by atoms with Gasteiger partial charge < -0.3 is 27.2 Å². The summed E-state index contributed by atoms with van der Waals surface area (Å²) in [6, 6.07) is -0.824. The van der Waals surface area contributed by atoms with Crippen molar-refractivity contribution in [2.45, 2.75) is 50.7 Å². The molecule has 0 radical (unpaired) electrons. The Morgan fingerprint density at radius 2 is 2.04 bits per heavy atom. The van der Waals surface area contributed by atoms with Crippen molar-refractivity contribution >= 4 is 23.7 Å². The Kier molecular flexibility index (Phi) is 8.55. The summed E-state index contributed by atoms with van der Waals surface area (Å²) in [5.74, 6) is -2.35. The Morgan fingerprint density at radius 1 is 1.29 bits per heavy atom. The molecule has 2 atom stereocenters. The zero-order valence-corrected chi connectivity index (χ0v) is 13.6. The number of nitrogens with one attached hydrogen (secondary N) is 3. The summed E-state index contributed by atoms with van der Waals surface area (Å²) in [5, 5.41) is 17.1. The summed E-state index contributed by atoms with van der Waals surface area (Å²) in [5.41, 5.74) is 10.5. The van der Waals surface area contributed by atoms with Crippen molar-refractivity contribution in [3.05, 3.63) is 0 Å². The second kappa shape index (κ2) is 10.4. The van der Waals surface area contributed by atoms with E-state index in [2.05, 4.69) is 20.9 Å². The highest BCUT2D eigenvalue weighted by Gasteiger charge is 2.24. The first-order chi connectivity index (χ1) is 11.4. The second-order valence-corrected chi connectivity index (χ2v) is 5.65. The minimum Gasteiger partial charge on any atom is -0.481 e. The predicted molar refractivity (Wildman–Crippen MR) is 87.9 cm³/mol. The smallest absolute Gasteiger partial charge is 0.312 e. The quantitative estimate of drug-likeness (QED) is 0.124. The lowest BCUT2D eigenvalue weighted by Gasteiger charge is -2.27. The summed E-state index contributed by atoms with van der Waals surface area (Å²) in [6.45, 7) is 1.15. The molecule has 1 fully saturated rings. The third-order valence-corrected chi connectivity index (χ3v) is 3.54. The number of carbonyl (C=O) groups is 3. The molecule has 0 spiro atoms. The average Bonchev–Trinajstić information content (AvgIpc) is 2.50. The fraction of sp³-hybridized carbons (Fsp3) is 0.714. The number of hydrogen-bond donors (Lipinski definition) is 6. The molecule has 1 saturated heterocycles. The van der Waals surface area contributed by atoms with Gasteiger partial charge in [0.15, 0.2) is 5.96 Å². The van der Waals surface area contributed by atoms with Gasteiger partial charge in [-0.2, -0.15) is 0 Å². The van der Waals surface area contributed by atoms with Crippen LogP contribution in [-0.4, -0.2) is 54.1 Å². The Labute approximate surface area is 140 Å². The van der Waals surface area contributed by atoms with Gasteiger partial charge in [0.05, 0.1) is 6.17 Å². The number of carbonyl (C=O) groups excluding carboxylic acids is 2. The topological polar surface area (TPSA) is 172 Å². The van der Waals surface area contributed by atoms with E-state index in [1.807, 2.05) is 0 Å². The van der Waals surface area contributed by atoms with Crippen LogP contribution in [0.25, 0.3) is 0 Å². The largest absolute Gasteiger partial charge is 0.481 e. The van der Waals surface area contributed by atoms with E-state index in [1.54, 1.807) is 0 Å². The summed E-state index contributed by atoms with van der Waals surface area (Å²) >= 11 is 0. The third kappa shape index (κ3) is 8.32. The Morgan fingerprint density at radius 3 is 2.62 bits per heavy atom. The maximum atomic E-state index is 12.4. The molecule has 24 heavy (non-hydrogen) atoms. The van der Waals surface area contributed by atoms with Gasteiger partial charge in [0.25, 0.3) is 0 Å². The van der Waals surface area contributed by atoms with Gasteiger partial charge in [-0.05, 0) is 38.6 Å². The van der Waals surface area contributed by atoms with E-state index in [0.29, 0.717) is 19.4 Å². The van der Waals surface area contributed by atoms with Crippen molar-refractivity contribution in [3.63, 3.8) is 0 Å². The van der Waals surface area contributed by atoms with E-state index in [9.17, 15) is 14.4 Å². The summed E-state index contributed by atoms with van der Waals surface area (Å²) in [6.07, 6.45) is 2.85. The number of aliphatic imine (C=N–C) groups is 1. The first-order valence-electron chi connectivity index (χ1n) is 7.99. The molecule has 1 unspecified atom stereocenters. The number of aliphatic carboxylic acids is 1. The van der Waals surface area contributed by atoms with Crippen LogP contribution in [0.4, 0.5) is 0 Å². The molecular weight excluding hydrogens is 316 g/mol. The lowest BCUT2D eigenvalue weighted by Crippen LogP contribution is -2.54. The van der Waals surface area contributed by atoms with Gasteiger partial charge in [-0.25, -0.2) is 0 Å². The molecule has 0 saturated carbocycles. The number of piperidine rings is 1. The molecule has 1 rings (SSSR count). The van der Waals surface area contributed by atoms with E-state index < -0.39 is 24.3 Å². The van der Waals surface area contributed by atoms with Crippen LogP contribution in [0, 0.1) is 0 Å². The van der Waals surface area contributed by atoms with Crippen LogP contribution in [0.3, 0.4) is 0 Å². The molecule has 0 aromatic heterocycles. The van der Waals surface area contributed by atoms with E-state index in [1.165, 1.54) is 0 Å². The molecule has 10 nitrogen and oxygen atoms in total. The lowest BCUT2D eigenvalue weighted by molar-refractivity contribution is -0.141. The van der Waals surface area contributed by atoms with Gasteiger partial charge >= 0.3 is 5.97 Å². The zero-order valence-electron chi connectivity index (χ0n) is 13.6. The fourth-order valence-electron chi connectivity index (χ4n) is 2.40. The highest BCUT2D eigenvalue weighted by molar-refractivity contribution is 5.96. The van der Waals surface area contributed by atoms with Gasteiger partial charge in [-0.1, -0.05) is 0 Å². The number of carboxylic acids is 1. The van der Waals surface area contributed by atoms with E-state index >= 15 is 0 Å². The average molecular weight is 342 g/mol. The number of hydrogen-bond acceptors (Lipinski definition) is 5. The first-order valence-corrected chi connectivity index (χ1v) is 7.99. The van der Waals surface area contributed by atoms with Crippen molar-refractivity contribution in [2.75, 3.05) is 13.1 Å². The fourth-order valence-corrected chi connectivity index (χ4v) is 2.40. The Hall–Kier alpha value is -2.36. The summed E-state index contributed by atoms with van der Waals surface area (Å²) in [7, 11) is 0. The summed E-state index contributed by atoms with van der Waals surface area (Å²) in [4.78, 5) is 38.4. The molecular formula is C14H26N6O4. The molecule has 0 aliphatic carbocycles. The maximum absolute atomic E-state index is 12.4. The van der Waals surface area contributed by atoms with E-state index in [-0.39, 0.29) is 18.0 Å². The highest BCUT2D eigenvalue weighted by atomic mass is 16.4. The van der Waals surface area contributed by atoms with Crippen LogP contribution in [0.2, 0.25) is 0 Å². The molecule has 0 bridgehead atoms. The molecule has 8 N–H and O–H groups in total. The van der Waals surface area contributed by atoms with Crippen molar-refractivity contribution in [2.24, 2.45) is 16.5 Å². The number of amides is 2. The number of carboxylic acid groups (broad SMARTS) is 1. The van der Waals surface area contributed by atoms with Crippen LogP contribution in [0.1, 0.15) is 38.5 Å².